The van der Waals surface area contributed by atoms with Gasteiger partial charge in [-0.3, -0.25) is 4.79 Å². The number of carbonyl (C=O) groups is 2. The van der Waals surface area contributed by atoms with Crippen LogP contribution >= 0.6 is 0 Å². The molecule has 0 aliphatic heterocycles. The van der Waals surface area contributed by atoms with E-state index in [9.17, 15) is 9.59 Å². The summed E-state index contributed by atoms with van der Waals surface area (Å²) in [6, 6.07) is 0. The molecule has 0 amide bonds. The lowest BCUT2D eigenvalue weighted by molar-refractivity contribution is -0.142. The molecule has 20 heavy (non-hydrogen) atoms. The predicted octanol–water partition coefficient (Wildman–Crippen LogP) is 3.56. The zero-order chi connectivity index (χ0) is 15.3. The number of hydrogen-bond donors (Lipinski definition) is 1. The average molecular weight is 282 g/mol. The molecule has 0 bridgehead atoms. The maximum absolute atomic E-state index is 11.9. The van der Waals surface area contributed by atoms with Gasteiger partial charge in [0.1, 0.15) is 0 Å². The Morgan fingerprint density at radius 1 is 1.25 bits per heavy atom. The third-order valence-corrected chi connectivity index (χ3v) is 4.09. The van der Waals surface area contributed by atoms with Crippen molar-refractivity contribution in [3.63, 3.8) is 0 Å². The Morgan fingerprint density at radius 2 is 1.80 bits per heavy atom. The first-order chi connectivity index (χ1) is 9.25. The molecule has 4 heteroatoms. The molecule has 0 atom stereocenters. The topological polar surface area (TPSA) is 63.6 Å². The maximum Gasteiger partial charge on any atom is 0.334 e. The van der Waals surface area contributed by atoms with Crippen molar-refractivity contribution in [3.05, 3.63) is 11.1 Å². The first-order valence-electron chi connectivity index (χ1n) is 7.35. The van der Waals surface area contributed by atoms with Gasteiger partial charge in [0.05, 0.1) is 13.0 Å². The lowest BCUT2D eigenvalue weighted by atomic mass is 9.70. The van der Waals surface area contributed by atoms with Crippen molar-refractivity contribution in [2.75, 3.05) is 6.61 Å². The SMILES string of the molecule is CCOC(=O)C(CC(=O)O)=C1CCC(C(C)(C)C)CC1. The van der Waals surface area contributed by atoms with E-state index in [4.69, 9.17) is 9.84 Å². The molecular formula is C16H26O4. The third kappa shape index (κ3) is 4.66. The van der Waals surface area contributed by atoms with Gasteiger partial charge >= 0.3 is 11.9 Å². The van der Waals surface area contributed by atoms with Crippen molar-refractivity contribution < 1.29 is 19.4 Å². The molecule has 0 aromatic carbocycles. The van der Waals surface area contributed by atoms with E-state index in [-0.39, 0.29) is 18.4 Å². The number of carboxylic acid groups (broad SMARTS) is 1. The molecule has 1 aliphatic rings. The van der Waals surface area contributed by atoms with E-state index in [1.807, 2.05) is 0 Å². The number of carbonyl (C=O) groups excluding carboxylic acids is 1. The van der Waals surface area contributed by atoms with Crippen molar-refractivity contribution in [2.45, 2.75) is 59.8 Å². The Morgan fingerprint density at radius 3 is 2.20 bits per heavy atom. The standard InChI is InChI=1S/C16H26O4/c1-5-20-15(19)13(10-14(17)18)11-6-8-12(9-7-11)16(2,3)4/h12H,5-10H2,1-4H3,(H,17,18). The van der Waals surface area contributed by atoms with Gasteiger partial charge in [0, 0.05) is 5.57 Å². The maximum atomic E-state index is 11.9. The summed E-state index contributed by atoms with van der Waals surface area (Å²) in [7, 11) is 0. The first kappa shape index (κ1) is 16.7. The van der Waals surface area contributed by atoms with Gasteiger partial charge in [-0.1, -0.05) is 26.3 Å². The van der Waals surface area contributed by atoms with E-state index < -0.39 is 11.9 Å². The number of carboxylic acids is 1. The van der Waals surface area contributed by atoms with Crippen molar-refractivity contribution in [3.8, 4) is 0 Å². The minimum Gasteiger partial charge on any atom is -0.481 e. The number of esters is 1. The second-order valence-electron chi connectivity index (χ2n) is 6.51. The summed E-state index contributed by atoms with van der Waals surface area (Å²) in [6.45, 7) is 8.71. The second kappa shape index (κ2) is 6.91. The quantitative estimate of drug-likeness (QED) is 0.632. The summed E-state index contributed by atoms with van der Waals surface area (Å²) in [6.07, 6.45) is 3.42. The zero-order valence-corrected chi connectivity index (χ0v) is 13.0. The van der Waals surface area contributed by atoms with Crippen LogP contribution in [0.1, 0.15) is 59.8 Å². The minimum absolute atomic E-state index is 0.228. The van der Waals surface area contributed by atoms with E-state index in [1.54, 1.807) is 6.92 Å². The largest absolute Gasteiger partial charge is 0.481 e. The van der Waals surface area contributed by atoms with Crippen molar-refractivity contribution in [2.24, 2.45) is 11.3 Å². The number of allylic oxidation sites excluding steroid dienone is 1. The van der Waals surface area contributed by atoms with Gasteiger partial charge in [-0.15, -0.1) is 0 Å². The highest BCUT2D eigenvalue weighted by atomic mass is 16.5. The van der Waals surface area contributed by atoms with E-state index in [0.29, 0.717) is 11.5 Å². The Bertz CT molecular complexity index is 391. The molecule has 4 nitrogen and oxygen atoms in total. The predicted molar refractivity (Wildman–Crippen MR) is 77.3 cm³/mol. The fourth-order valence-corrected chi connectivity index (χ4v) is 2.85. The van der Waals surface area contributed by atoms with Crippen molar-refractivity contribution in [1.29, 1.82) is 0 Å². The summed E-state index contributed by atoms with van der Waals surface area (Å²) in [5, 5.41) is 8.97. The summed E-state index contributed by atoms with van der Waals surface area (Å²) in [5.74, 6) is -0.808. The fourth-order valence-electron chi connectivity index (χ4n) is 2.85. The molecule has 0 spiro atoms. The Kier molecular flexibility index (Phi) is 5.78. The fraction of sp³-hybridized carbons (Fsp3) is 0.750. The van der Waals surface area contributed by atoms with Crippen LogP contribution < -0.4 is 0 Å². The molecule has 0 unspecified atom stereocenters. The minimum atomic E-state index is -0.974. The number of ether oxygens (including phenoxy) is 1. The van der Waals surface area contributed by atoms with Gasteiger partial charge in [-0.2, -0.15) is 0 Å². The molecule has 0 radical (unpaired) electrons. The normalized spacial score (nSPS) is 19.6. The van der Waals surface area contributed by atoms with E-state index in [0.717, 1.165) is 31.3 Å². The van der Waals surface area contributed by atoms with E-state index in [2.05, 4.69) is 20.8 Å². The Labute approximate surface area is 121 Å². The highest BCUT2D eigenvalue weighted by Gasteiger charge is 2.30. The van der Waals surface area contributed by atoms with Crippen LogP contribution in [0.4, 0.5) is 0 Å². The molecule has 1 fully saturated rings. The van der Waals surface area contributed by atoms with Gasteiger partial charge in [0.2, 0.25) is 0 Å². The molecule has 1 saturated carbocycles. The van der Waals surface area contributed by atoms with Gasteiger partial charge in [-0.25, -0.2) is 4.79 Å². The lowest BCUT2D eigenvalue weighted by Crippen LogP contribution is -2.25. The van der Waals surface area contributed by atoms with E-state index >= 15 is 0 Å². The second-order valence-corrected chi connectivity index (χ2v) is 6.51. The van der Waals surface area contributed by atoms with Crippen LogP contribution in [0.2, 0.25) is 0 Å². The van der Waals surface area contributed by atoms with Crippen LogP contribution in [0.3, 0.4) is 0 Å². The molecule has 0 heterocycles. The smallest absolute Gasteiger partial charge is 0.334 e. The summed E-state index contributed by atoms with van der Waals surface area (Å²) in [5.41, 5.74) is 1.61. The van der Waals surface area contributed by atoms with Crippen LogP contribution in [0.25, 0.3) is 0 Å². The van der Waals surface area contributed by atoms with Gasteiger partial charge in [-0.05, 0) is 43.9 Å². The monoisotopic (exact) mass is 282 g/mol. The Hall–Kier alpha value is -1.32. The summed E-state index contributed by atoms with van der Waals surface area (Å²) >= 11 is 0. The van der Waals surface area contributed by atoms with Crippen LogP contribution in [0.15, 0.2) is 11.1 Å². The molecule has 114 valence electrons. The molecule has 1 rings (SSSR count). The molecule has 1 aliphatic carbocycles. The first-order valence-corrected chi connectivity index (χ1v) is 7.35. The highest BCUT2D eigenvalue weighted by Crippen LogP contribution is 2.40. The van der Waals surface area contributed by atoms with Crippen LogP contribution in [0.5, 0.6) is 0 Å². The van der Waals surface area contributed by atoms with Gasteiger partial charge in [0.25, 0.3) is 0 Å². The summed E-state index contributed by atoms with van der Waals surface area (Å²) in [4.78, 5) is 22.9. The number of rotatable bonds is 4. The van der Waals surface area contributed by atoms with Crippen LogP contribution in [-0.2, 0) is 14.3 Å². The number of hydrogen-bond acceptors (Lipinski definition) is 3. The zero-order valence-electron chi connectivity index (χ0n) is 13.0. The van der Waals surface area contributed by atoms with Crippen LogP contribution in [0, 0.1) is 11.3 Å². The highest BCUT2D eigenvalue weighted by molar-refractivity contribution is 5.94. The van der Waals surface area contributed by atoms with E-state index in [1.165, 1.54) is 0 Å². The molecular weight excluding hydrogens is 256 g/mol. The lowest BCUT2D eigenvalue weighted by Gasteiger charge is -2.35. The van der Waals surface area contributed by atoms with Crippen molar-refractivity contribution >= 4 is 11.9 Å². The number of aliphatic carboxylic acids is 1. The summed E-state index contributed by atoms with van der Waals surface area (Å²) < 4.78 is 4.99. The van der Waals surface area contributed by atoms with Gasteiger partial charge < -0.3 is 9.84 Å². The Balaban J connectivity index is 2.85. The third-order valence-electron chi connectivity index (χ3n) is 4.09. The average Bonchev–Trinajstić information content (AvgIpc) is 2.35. The molecule has 0 aromatic rings. The molecule has 1 N–H and O–H groups in total. The van der Waals surface area contributed by atoms with Crippen molar-refractivity contribution in [1.82, 2.24) is 0 Å². The van der Waals surface area contributed by atoms with Gasteiger partial charge in [0.15, 0.2) is 0 Å². The molecule has 0 aromatic heterocycles. The molecule has 0 saturated heterocycles. The van der Waals surface area contributed by atoms with Crippen LogP contribution in [-0.4, -0.2) is 23.7 Å².